The molecule has 10 heteroatoms. The highest BCUT2D eigenvalue weighted by Crippen LogP contribution is 2.46. The zero-order valence-electron chi connectivity index (χ0n) is 22.9. The molecule has 1 aliphatic carbocycles. The molecule has 1 saturated carbocycles. The van der Waals surface area contributed by atoms with E-state index in [1.807, 2.05) is 29.7 Å². The van der Waals surface area contributed by atoms with Crippen LogP contribution in [0.4, 0.5) is 13.2 Å². The molecule has 2 atom stereocenters. The standard InChI is InChI=1S/C30H35F3N6O/c1-3-37-19-34-35-28(37)27(22-8-4-9-22)23-10-5-11-24(14-23)38-18-26-25(30(31,32)33)13-21(17-39(26)29(38)40)16-36-12-6-7-20(2)15-36/h5,10-11,13-14,17-20,22,27H,3-4,6-9,12,15-16H2,1-2H3/q+1/t20-,27+/m0/s1. The molecule has 0 bridgehead atoms. The summed E-state index contributed by atoms with van der Waals surface area (Å²) >= 11 is 0. The first kappa shape index (κ1) is 26.9. The Balaban J connectivity index is 1.40. The largest absolute Gasteiger partial charge is 0.418 e. The van der Waals surface area contributed by atoms with E-state index in [1.54, 1.807) is 18.6 Å². The minimum atomic E-state index is -4.59. The van der Waals surface area contributed by atoms with Gasteiger partial charge in [-0.2, -0.15) is 13.2 Å². The van der Waals surface area contributed by atoms with Gasteiger partial charge in [-0.05, 0) is 85.4 Å². The molecule has 1 saturated heterocycles. The highest BCUT2D eigenvalue weighted by Gasteiger charge is 2.43. The highest BCUT2D eigenvalue weighted by atomic mass is 19.4. The van der Waals surface area contributed by atoms with Crippen molar-refractivity contribution in [1.29, 1.82) is 0 Å². The Morgan fingerprint density at radius 3 is 2.65 bits per heavy atom. The van der Waals surface area contributed by atoms with E-state index in [-0.39, 0.29) is 11.4 Å². The van der Waals surface area contributed by atoms with Crippen LogP contribution in [0.15, 0.2) is 57.7 Å². The van der Waals surface area contributed by atoms with Gasteiger partial charge in [0.15, 0.2) is 0 Å². The van der Waals surface area contributed by atoms with Crippen molar-refractivity contribution in [3.8, 4) is 5.69 Å². The van der Waals surface area contributed by atoms with Gasteiger partial charge in [-0.15, -0.1) is 0 Å². The van der Waals surface area contributed by atoms with Crippen LogP contribution in [0.5, 0.6) is 0 Å². The molecule has 1 radical (unpaired) electrons. The highest BCUT2D eigenvalue weighted by molar-refractivity contribution is 5.58. The van der Waals surface area contributed by atoms with E-state index in [1.165, 1.54) is 16.8 Å². The van der Waals surface area contributed by atoms with Gasteiger partial charge in [-0.25, -0.2) is 9.37 Å². The molecule has 2 aliphatic heterocycles. The Kier molecular flexibility index (Phi) is 7.14. The maximum absolute atomic E-state index is 14.3. The zero-order chi connectivity index (χ0) is 28.0. The van der Waals surface area contributed by atoms with Crippen LogP contribution in [-0.2, 0) is 12.7 Å². The Morgan fingerprint density at radius 1 is 1.12 bits per heavy atom. The topological polar surface area (TPSA) is 57.4 Å². The van der Waals surface area contributed by atoms with Crippen molar-refractivity contribution < 1.29 is 17.7 Å². The number of imidazole rings is 1. The van der Waals surface area contributed by atoms with Crippen molar-refractivity contribution >= 4 is 11.9 Å². The SMILES string of the molecule is CC[N+]1=CN=N[C]1[C@@H](c1cccc(-n2cc3c(C(F)(F)F)cc(CN4CCC[C@H](C)C4)cn3c2=O)c1)C1CCC1. The number of aromatic nitrogens is 2. The Hall–Kier alpha value is -3.27. The molecule has 7 nitrogen and oxygen atoms in total. The number of likely N-dealkylation sites (N-methyl/N-ethyl adjacent to an activating group) is 1. The number of hydrogen-bond acceptors (Lipinski definition) is 4. The fraction of sp³-hybridized carbons (Fsp3) is 0.500. The molecule has 1 aromatic carbocycles. The number of halogens is 3. The van der Waals surface area contributed by atoms with Crippen LogP contribution >= 0.6 is 0 Å². The maximum atomic E-state index is 14.3. The first-order chi connectivity index (χ1) is 19.2. The summed E-state index contributed by atoms with van der Waals surface area (Å²) in [7, 11) is 0. The van der Waals surface area contributed by atoms with Crippen LogP contribution < -0.4 is 5.69 Å². The molecule has 211 valence electrons. The van der Waals surface area contributed by atoms with Crippen molar-refractivity contribution in [3.05, 3.63) is 76.1 Å². The molecule has 4 heterocycles. The number of azo groups is 1. The molecule has 2 fully saturated rings. The number of benzene rings is 1. The van der Waals surface area contributed by atoms with Crippen molar-refractivity contribution in [2.45, 2.75) is 64.6 Å². The van der Waals surface area contributed by atoms with Gasteiger partial charge in [-0.1, -0.05) is 25.5 Å². The number of likely N-dealkylation sites (tertiary alicyclic amines) is 1. The van der Waals surface area contributed by atoms with E-state index in [2.05, 4.69) is 22.1 Å². The third-order valence-electron chi connectivity index (χ3n) is 8.67. The van der Waals surface area contributed by atoms with Crippen molar-refractivity contribution in [1.82, 2.24) is 13.9 Å². The zero-order valence-corrected chi connectivity index (χ0v) is 22.9. The number of alkyl halides is 3. The second-order valence-electron chi connectivity index (χ2n) is 11.5. The summed E-state index contributed by atoms with van der Waals surface area (Å²) in [6.07, 6.45) is 6.40. The average Bonchev–Trinajstić information content (AvgIpc) is 3.49. The summed E-state index contributed by atoms with van der Waals surface area (Å²) in [5, 5.41) is 8.57. The summed E-state index contributed by atoms with van der Waals surface area (Å²) in [6.45, 7) is 7.03. The van der Waals surface area contributed by atoms with E-state index in [4.69, 9.17) is 0 Å². The van der Waals surface area contributed by atoms with Crippen LogP contribution in [0.3, 0.4) is 0 Å². The second kappa shape index (κ2) is 10.6. The number of piperidine rings is 1. The van der Waals surface area contributed by atoms with E-state index >= 15 is 0 Å². The average molecular weight is 553 g/mol. The summed E-state index contributed by atoms with van der Waals surface area (Å²) in [5.74, 6) is 0.921. The lowest BCUT2D eigenvalue weighted by atomic mass is 9.71. The first-order valence-corrected chi connectivity index (χ1v) is 14.3. The van der Waals surface area contributed by atoms with Gasteiger partial charge >= 0.3 is 24.4 Å². The van der Waals surface area contributed by atoms with Crippen LogP contribution in [0.1, 0.15) is 68.6 Å². The van der Waals surface area contributed by atoms with E-state index < -0.39 is 17.4 Å². The summed E-state index contributed by atoms with van der Waals surface area (Å²) in [4.78, 5) is 15.8. The molecule has 3 aliphatic rings. The quantitative estimate of drug-likeness (QED) is 0.326. The van der Waals surface area contributed by atoms with Gasteiger partial charge in [0.1, 0.15) is 0 Å². The fourth-order valence-electron chi connectivity index (χ4n) is 6.45. The smallest absolute Gasteiger partial charge is 0.299 e. The summed E-state index contributed by atoms with van der Waals surface area (Å²) in [6, 6.07) is 8.78. The van der Waals surface area contributed by atoms with E-state index in [0.29, 0.717) is 29.6 Å². The minimum absolute atomic E-state index is 0.00755. The fourth-order valence-corrected chi connectivity index (χ4v) is 6.45. The molecule has 2 aromatic heterocycles. The molecule has 0 amide bonds. The maximum Gasteiger partial charge on any atom is 0.418 e. The van der Waals surface area contributed by atoms with Crippen LogP contribution in [0.25, 0.3) is 11.2 Å². The third kappa shape index (κ3) is 5.02. The third-order valence-corrected chi connectivity index (χ3v) is 8.67. The molecule has 6 rings (SSSR count). The van der Waals surface area contributed by atoms with Gasteiger partial charge in [0.2, 0.25) is 0 Å². The molecule has 40 heavy (non-hydrogen) atoms. The molecule has 0 spiro atoms. The van der Waals surface area contributed by atoms with Gasteiger partial charge in [-0.3, -0.25) is 13.9 Å². The monoisotopic (exact) mass is 552 g/mol. The van der Waals surface area contributed by atoms with Crippen LogP contribution in [0.2, 0.25) is 0 Å². The normalized spacial score (nSPS) is 21.6. The summed E-state index contributed by atoms with van der Waals surface area (Å²) < 4.78 is 47.3. The molecular formula is C30H35F3N6O+. The summed E-state index contributed by atoms with van der Waals surface area (Å²) in [5.41, 5.74) is 0.584. The molecule has 3 aromatic rings. The van der Waals surface area contributed by atoms with Gasteiger partial charge in [0.05, 0.1) is 34.3 Å². The van der Waals surface area contributed by atoms with Crippen LogP contribution in [-0.4, -0.2) is 44.4 Å². The van der Waals surface area contributed by atoms with Crippen molar-refractivity contribution in [2.75, 3.05) is 19.6 Å². The number of hydrogen-bond donors (Lipinski definition) is 0. The van der Waals surface area contributed by atoms with Crippen LogP contribution in [0, 0.1) is 18.0 Å². The second-order valence-corrected chi connectivity index (χ2v) is 11.5. The lowest BCUT2D eigenvalue weighted by Gasteiger charge is -2.34. The van der Waals surface area contributed by atoms with Crippen molar-refractivity contribution in [2.24, 2.45) is 22.1 Å². The van der Waals surface area contributed by atoms with Gasteiger partial charge < -0.3 is 0 Å². The lowest BCUT2D eigenvalue weighted by molar-refractivity contribution is -0.507. The Labute approximate surface area is 231 Å². The van der Waals surface area contributed by atoms with Gasteiger partial charge in [0.25, 0.3) is 0 Å². The number of fused-ring (bicyclic) bond motifs is 1. The number of rotatable bonds is 7. The molecule has 0 unspecified atom stereocenters. The Bertz CT molecular complexity index is 1520. The Morgan fingerprint density at radius 2 is 1.95 bits per heavy atom. The van der Waals surface area contributed by atoms with Crippen molar-refractivity contribution in [3.63, 3.8) is 0 Å². The number of nitrogens with zero attached hydrogens (tertiary/aromatic N) is 6. The van der Waals surface area contributed by atoms with E-state index in [0.717, 1.165) is 67.9 Å². The predicted molar refractivity (Wildman–Crippen MR) is 147 cm³/mol. The molecule has 0 N–H and O–H groups in total. The lowest BCUT2D eigenvalue weighted by Crippen LogP contribution is -2.34. The first-order valence-electron chi connectivity index (χ1n) is 14.3. The van der Waals surface area contributed by atoms with E-state index in [9.17, 15) is 18.0 Å². The predicted octanol–water partition coefficient (Wildman–Crippen LogP) is 6.24. The molecular weight excluding hydrogens is 517 g/mol. The van der Waals surface area contributed by atoms with Gasteiger partial charge in [0, 0.05) is 25.5 Å². The number of pyridine rings is 1. The minimum Gasteiger partial charge on any atom is -0.299 e.